The number of hydrogen-bond donors (Lipinski definition) is 1. The van der Waals surface area contributed by atoms with E-state index in [-0.39, 0.29) is 23.1 Å². The molecule has 0 bridgehead atoms. The molecule has 1 unspecified atom stereocenters. The molecule has 4 heteroatoms. The van der Waals surface area contributed by atoms with Crippen molar-refractivity contribution >= 4 is 23.1 Å². The van der Waals surface area contributed by atoms with Crippen molar-refractivity contribution in [3.63, 3.8) is 0 Å². The van der Waals surface area contributed by atoms with Crippen LogP contribution in [0, 0.1) is 5.82 Å². The van der Waals surface area contributed by atoms with E-state index >= 15 is 0 Å². The summed E-state index contributed by atoms with van der Waals surface area (Å²) in [5.74, 6) is -0.559. The number of benzene rings is 2. The second-order valence-corrected chi connectivity index (χ2v) is 5.32. The lowest BCUT2D eigenvalue weighted by Gasteiger charge is -2.09. The minimum Gasteiger partial charge on any atom is -0.384 e. The molecule has 2 nitrogen and oxygen atoms in total. The Morgan fingerprint density at radius 2 is 2.10 bits per heavy atom. The highest BCUT2D eigenvalue weighted by molar-refractivity contribution is 6.30. The second-order valence-electron chi connectivity index (χ2n) is 4.91. The molecule has 2 aromatic rings. The van der Waals surface area contributed by atoms with Crippen LogP contribution in [0.1, 0.15) is 17.0 Å². The van der Waals surface area contributed by atoms with Crippen molar-refractivity contribution in [1.82, 2.24) is 0 Å². The molecule has 0 amide bonds. The summed E-state index contributed by atoms with van der Waals surface area (Å²) < 4.78 is 13.4. The van der Waals surface area contributed by atoms with Gasteiger partial charge in [-0.2, -0.15) is 0 Å². The molecule has 0 radical (unpaired) electrons. The summed E-state index contributed by atoms with van der Waals surface area (Å²) in [7, 11) is 0. The molecule has 0 saturated carbocycles. The molecule has 2 aromatic carbocycles. The van der Waals surface area contributed by atoms with Gasteiger partial charge in [0, 0.05) is 18.7 Å². The Balaban J connectivity index is 1.79. The average molecular weight is 290 g/mol. The van der Waals surface area contributed by atoms with Gasteiger partial charge < -0.3 is 5.32 Å². The van der Waals surface area contributed by atoms with Gasteiger partial charge in [0.15, 0.2) is 0 Å². The Morgan fingerprint density at radius 3 is 2.90 bits per heavy atom. The fourth-order valence-electron chi connectivity index (χ4n) is 2.55. The van der Waals surface area contributed by atoms with Gasteiger partial charge in [0.25, 0.3) is 0 Å². The fourth-order valence-corrected chi connectivity index (χ4v) is 2.66. The number of para-hydroxylation sites is 1. The first-order valence-corrected chi connectivity index (χ1v) is 6.82. The summed E-state index contributed by atoms with van der Waals surface area (Å²) in [5.41, 5.74) is 2.68. The monoisotopic (exact) mass is 289 g/mol. The van der Waals surface area contributed by atoms with E-state index in [0.29, 0.717) is 12.1 Å². The lowest BCUT2D eigenvalue weighted by Crippen LogP contribution is -2.16. The third-order valence-electron chi connectivity index (χ3n) is 3.58. The highest BCUT2D eigenvalue weighted by Crippen LogP contribution is 2.32. The molecule has 1 N–H and O–H groups in total. The number of halogens is 2. The number of fused-ring (bicyclic) bond motifs is 1. The summed E-state index contributed by atoms with van der Waals surface area (Å²) in [6.07, 6.45) is 0.217. The van der Waals surface area contributed by atoms with E-state index in [1.54, 1.807) is 6.07 Å². The third kappa shape index (κ3) is 2.41. The highest BCUT2D eigenvalue weighted by atomic mass is 35.5. The molecule has 1 heterocycles. The van der Waals surface area contributed by atoms with E-state index in [1.165, 1.54) is 12.1 Å². The number of Topliss-reactive ketones (excluding diaryl/α,β-unsaturated/α-hetero) is 1. The summed E-state index contributed by atoms with van der Waals surface area (Å²) in [6.45, 7) is 0.605. The molecule has 0 fully saturated rings. The predicted octanol–water partition coefficient (Wildman–Crippen LogP) is 3.80. The molecular weight excluding hydrogens is 277 g/mol. The van der Waals surface area contributed by atoms with Crippen molar-refractivity contribution in [2.24, 2.45) is 0 Å². The zero-order valence-corrected chi connectivity index (χ0v) is 11.5. The van der Waals surface area contributed by atoms with Crippen LogP contribution in [0.4, 0.5) is 10.1 Å². The SMILES string of the molecule is O=C(Cc1ccc(Cl)c(F)c1)C1CNc2ccccc21. The number of ketones is 1. The molecule has 1 aliphatic heterocycles. The Labute approximate surface area is 121 Å². The maximum absolute atomic E-state index is 13.4. The lowest BCUT2D eigenvalue weighted by atomic mass is 9.93. The molecule has 3 rings (SSSR count). The molecule has 1 aliphatic rings. The van der Waals surface area contributed by atoms with E-state index in [1.807, 2.05) is 24.3 Å². The molecule has 20 heavy (non-hydrogen) atoms. The van der Waals surface area contributed by atoms with Gasteiger partial charge in [-0.25, -0.2) is 4.39 Å². The zero-order chi connectivity index (χ0) is 14.1. The van der Waals surface area contributed by atoms with Crippen molar-refractivity contribution in [3.8, 4) is 0 Å². The standard InChI is InChI=1S/C16H13ClFNO/c17-13-6-5-10(7-14(13)18)8-16(20)12-9-19-15-4-2-1-3-11(12)15/h1-7,12,19H,8-9H2. The van der Waals surface area contributed by atoms with Gasteiger partial charge in [0.05, 0.1) is 10.9 Å². The molecular formula is C16H13ClFNO. The van der Waals surface area contributed by atoms with Crippen molar-refractivity contribution in [2.45, 2.75) is 12.3 Å². The van der Waals surface area contributed by atoms with Crippen molar-refractivity contribution in [3.05, 3.63) is 64.4 Å². The molecule has 0 spiro atoms. The maximum Gasteiger partial charge on any atom is 0.146 e. The first-order chi connectivity index (χ1) is 9.65. The van der Waals surface area contributed by atoms with Crippen LogP contribution in [-0.2, 0) is 11.2 Å². The topological polar surface area (TPSA) is 29.1 Å². The predicted molar refractivity (Wildman–Crippen MR) is 77.8 cm³/mol. The van der Waals surface area contributed by atoms with Gasteiger partial charge in [-0.1, -0.05) is 35.9 Å². The average Bonchev–Trinajstić information content (AvgIpc) is 2.87. The highest BCUT2D eigenvalue weighted by Gasteiger charge is 2.27. The Kier molecular flexibility index (Phi) is 3.45. The zero-order valence-electron chi connectivity index (χ0n) is 10.7. The Morgan fingerprint density at radius 1 is 1.30 bits per heavy atom. The third-order valence-corrected chi connectivity index (χ3v) is 3.89. The van der Waals surface area contributed by atoms with Crippen LogP contribution in [0.3, 0.4) is 0 Å². The van der Waals surface area contributed by atoms with Gasteiger partial charge in [0.2, 0.25) is 0 Å². The van der Waals surface area contributed by atoms with Crippen LogP contribution in [-0.4, -0.2) is 12.3 Å². The maximum atomic E-state index is 13.4. The van der Waals surface area contributed by atoms with Gasteiger partial charge in [-0.15, -0.1) is 0 Å². The lowest BCUT2D eigenvalue weighted by molar-refractivity contribution is -0.119. The number of nitrogens with one attached hydrogen (secondary N) is 1. The van der Waals surface area contributed by atoms with Gasteiger partial charge in [-0.3, -0.25) is 4.79 Å². The second kappa shape index (κ2) is 5.25. The molecule has 0 aromatic heterocycles. The van der Waals surface area contributed by atoms with E-state index in [0.717, 1.165) is 11.3 Å². The smallest absolute Gasteiger partial charge is 0.146 e. The minimum atomic E-state index is -0.484. The largest absolute Gasteiger partial charge is 0.384 e. The van der Waals surface area contributed by atoms with Crippen LogP contribution in [0.5, 0.6) is 0 Å². The number of anilines is 1. The molecule has 0 aliphatic carbocycles. The normalized spacial score (nSPS) is 16.6. The van der Waals surface area contributed by atoms with Crippen molar-refractivity contribution < 1.29 is 9.18 Å². The van der Waals surface area contributed by atoms with E-state index in [9.17, 15) is 9.18 Å². The number of hydrogen-bond acceptors (Lipinski definition) is 2. The quantitative estimate of drug-likeness (QED) is 0.931. The van der Waals surface area contributed by atoms with Crippen LogP contribution < -0.4 is 5.32 Å². The van der Waals surface area contributed by atoms with E-state index in [4.69, 9.17) is 11.6 Å². The number of rotatable bonds is 3. The Bertz CT molecular complexity index is 671. The summed E-state index contributed by atoms with van der Waals surface area (Å²) in [4.78, 5) is 12.4. The molecule has 1 atom stereocenters. The number of carbonyl (C=O) groups excluding carboxylic acids is 1. The minimum absolute atomic E-state index is 0.0778. The van der Waals surface area contributed by atoms with E-state index in [2.05, 4.69) is 5.32 Å². The fraction of sp³-hybridized carbons (Fsp3) is 0.188. The van der Waals surface area contributed by atoms with Crippen LogP contribution >= 0.6 is 11.6 Å². The van der Waals surface area contributed by atoms with Gasteiger partial charge in [-0.05, 0) is 29.3 Å². The van der Waals surface area contributed by atoms with Crippen molar-refractivity contribution in [1.29, 1.82) is 0 Å². The Hall–Kier alpha value is -1.87. The summed E-state index contributed by atoms with van der Waals surface area (Å²) in [6, 6.07) is 12.3. The van der Waals surface area contributed by atoms with Gasteiger partial charge >= 0.3 is 0 Å². The first kappa shape index (κ1) is 13.1. The number of carbonyl (C=O) groups is 1. The summed E-state index contributed by atoms with van der Waals surface area (Å²) >= 11 is 5.64. The summed E-state index contributed by atoms with van der Waals surface area (Å²) in [5, 5.41) is 3.30. The van der Waals surface area contributed by atoms with Gasteiger partial charge in [0.1, 0.15) is 11.6 Å². The van der Waals surface area contributed by atoms with Crippen LogP contribution in [0.15, 0.2) is 42.5 Å². The first-order valence-electron chi connectivity index (χ1n) is 6.44. The van der Waals surface area contributed by atoms with Crippen LogP contribution in [0.2, 0.25) is 5.02 Å². The van der Waals surface area contributed by atoms with Crippen molar-refractivity contribution in [2.75, 3.05) is 11.9 Å². The van der Waals surface area contributed by atoms with E-state index < -0.39 is 5.82 Å². The molecule has 0 saturated heterocycles. The van der Waals surface area contributed by atoms with Crippen LogP contribution in [0.25, 0.3) is 0 Å². The molecule has 102 valence electrons.